The number of methoxy groups -OCH3 is 1. The van der Waals surface area contributed by atoms with Gasteiger partial charge < -0.3 is 10.1 Å². The molecule has 1 unspecified atom stereocenters. The Bertz CT molecular complexity index is 654. The minimum Gasteiger partial charge on any atom is -0.496 e. The first-order chi connectivity index (χ1) is 10.2. The number of hydrogen-bond donors (Lipinski definition) is 1. The molecule has 110 valence electrons. The molecule has 0 spiro atoms. The predicted molar refractivity (Wildman–Crippen MR) is 88.2 cm³/mol. The molecule has 0 fully saturated rings. The van der Waals surface area contributed by atoms with Gasteiger partial charge in [0.25, 0.3) is 0 Å². The van der Waals surface area contributed by atoms with Crippen molar-refractivity contribution < 1.29 is 4.74 Å². The first kappa shape index (κ1) is 14.4. The van der Waals surface area contributed by atoms with Crippen LogP contribution in [0.4, 0.5) is 0 Å². The average molecular weight is 302 g/mol. The van der Waals surface area contributed by atoms with Gasteiger partial charge in [-0.3, -0.25) is 0 Å². The van der Waals surface area contributed by atoms with E-state index in [2.05, 4.69) is 30.4 Å². The second-order valence-electron chi connectivity index (χ2n) is 5.37. The molecule has 0 aromatic heterocycles. The number of nitrogens with one attached hydrogen (secondary N) is 1. The molecule has 2 aromatic rings. The summed E-state index contributed by atoms with van der Waals surface area (Å²) in [6.45, 7) is 3.15. The monoisotopic (exact) mass is 301 g/mol. The van der Waals surface area contributed by atoms with Crippen molar-refractivity contribution in [3.05, 3.63) is 52.5 Å². The molecule has 0 saturated heterocycles. The Balaban J connectivity index is 2.11. The number of hydrogen-bond acceptors (Lipinski definition) is 2. The molecule has 21 heavy (non-hydrogen) atoms. The molecule has 0 heterocycles. The van der Waals surface area contributed by atoms with Gasteiger partial charge in [0.1, 0.15) is 5.75 Å². The van der Waals surface area contributed by atoms with Crippen molar-refractivity contribution in [2.75, 3.05) is 13.7 Å². The van der Waals surface area contributed by atoms with Crippen LogP contribution in [0.25, 0.3) is 11.1 Å². The first-order valence-electron chi connectivity index (χ1n) is 7.43. The Morgan fingerprint density at radius 1 is 1.24 bits per heavy atom. The lowest BCUT2D eigenvalue weighted by Gasteiger charge is -2.15. The third-order valence-corrected chi connectivity index (χ3v) is 4.41. The zero-order chi connectivity index (χ0) is 14.8. The van der Waals surface area contributed by atoms with Crippen molar-refractivity contribution in [3.63, 3.8) is 0 Å². The minimum atomic E-state index is 0.468. The number of benzene rings is 2. The third kappa shape index (κ3) is 2.66. The molecule has 1 aliphatic carbocycles. The largest absolute Gasteiger partial charge is 0.496 e. The van der Waals surface area contributed by atoms with Crippen LogP contribution in [-0.4, -0.2) is 13.7 Å². The maximum Gasteiger partial charge on any atom is 0.126 e. The lowest BCUT2D eigenvalue weighted by Crippen LogP contribution is -2.18. The summed E-state index contributed by atoms with van der Waals surface area (Å²) in [6.07, 6.45) is 2.25. The maximum absolute atomic E-state index is 6.19. The number of halogens is 1. The molecular formula is C18H20ClNO. The highest BCUT2D eigenvalue weighted by Gasteiger charge is 2.25. The van der Waals surface area contributed by atoms with Crippen molar-refractivity contribution in [1.82, 2.24) is 5.32 Å². The highest BCUT2D eigenvalue weighted by Crippen LogP contribution is 2.41. The van der Waals surface area contributed by atoms with Gasteiger partial charge in [-0.05, 0) is 54.3 Å². The Morgan fingerprint density at radius 3 is 2.86 bits per heavy atom. The minimum absolute atomic E-state index is 0.468. The lowest BCUT2D eigenvalue weighted by molar-refractivity contribution is 0.416. The van der Waals surface area contributed by atoms with Crippen LogP contribution in [0.3, 0.4) is 0 Å². The fourth-order valence-electron chi connectivity index (χ4n) is 3.26. The summed E-state index contributed by atoms with van der Waals surface area (Å²) in [7, 11) is 1.71. The molecule has 0 bridgehead atoms. The Morgan fingerprint density at radius 2 is 2.10 bits per heavy atom. The van der Waals surface area contributed by atoms with E-state index in [0.717, 1.165) is 35.7 Å². The third-order valence-electron chi connectivity index (χ3n) is 4.17. The number of fused-ring (bicyclic) bond motifs is 1. The topological polar surface area (TPSA) is 21.3 Å². The van der Waals surface area contributed by atoms with Crippen molar-refractivity contribution in [2.24, 2.45) is 0 Å². The van der Waals surface area contributed by atoms with Gasteiger partial charge in [-0.2, -0.15) is 0 Å². The summed E-state index contributed by atoms with van der Waals surface area (Å²) in [5.74, 6) is 0.875. The maximum atomic E-state index is 6.19. The molecule has 0 saturated carbocycles. The summed E-state index contributed by atoms with van der Waals surface area (Å²) >= 11 is 6.19. The van der Waals surface area contributed by atoms with Crippen molar-refractivity contribution in [2.45, 2.75) is 25.8 Å². The standard InChI is InChI=1S/C18H20ClNO/c1-3-20-17-9-8-14-13(5-4-6-15(14)17)16-11-12(19)7-10-18(16)21-2/h4-7,10-11,17,20H,3,8-9H2,1-2H3. The van der Waals surface area contributed by atoms with Gasteiger partial charge in [0.2, 0.25) is 0 Å². The van der Waals surface area contributed by atoms with Crippen LogP contribution in [0.15, 0.2) is 36.4 Å². The van der Waals surface area contributed by atoms with Gasteiger partial charge >= 0.3 is 0 Å². The molecule has 3 rings (SSSR count). The van der Waals surface area contributed by atoms with E-state index in [1.807, 2.05) is 18.2 Å². The van der Waals surface area contributed by atoms with Gasteiger partial charge in [0.05, 0.1) is 7.11 Å². The van der Waals surface area contributed by atoms with Crippen molar-refractivity contribution in [1.29, 1.82) is 0 Å². The van der Waals surface area contributed by atoms with Gasteiger partial charge in [-0.25, -0.2) is 0 Å². The molecule has 2 nitrogen and oxygen atoms in total. The van der Waals surface area contributed by atoms with Crippen LogP contribution in [-0.2, 0) is 6.42 Å². The van der Waals surface area contributed by atoms with Gasteiger partial charge in [0.15, 0.2) is 0 Å². The van der Waals surface area contributed by atoms with Crippen molar-refractivity contribution in [3.8, 4) is 16.9 Å². The van der Waals surface area contributed by atoms with Gasteiger partial charge in [-0.15, -0.1) is 0 Å². The van der Waals surface area contributed by atoms with Crippen LogP contribution >= 0.6 is 11.6 Å². The molecule has 1 N–H and O–H groups in total. The van der Waals surface area contributed by atoms with E-state index in [-0.39, 0.29) is 0 Å². The second-order valence-corrected chi connectivity index (χ2v) is 5.80. The number of ether oxygens (including phenoxy) is 1. The lowest BCUT2D eigenvalue weighted by atomic mass is 9.95. The molecule has 0 aliphatic heterocycles. The molecular weight excluding hydrogens is 282 g/mol. The molecule has 1 atom stereocenters. The fourth-order valence-corrected chi connectivity index (χ4v) is 3.43. The molecule has 1 aliphatic rings. The van der Waals surface area contributed by atoms with E-state index in [4.69, 9.17) is 16.3 Å². The first-order valence-corrected chi connectivity index (χ1v) is 7.81. The summed E-state index contributed by atoms with van der Waals surface area (Å²) in [5, 5.41) is 4.30. The summed E-state index contributed by atoms with van der Waals surface area (Å²) in [5.41, 5.74) is 5.16. The quantitative estimate of drug-likeness (QED) is 0.890. The van der Waals surface area contributed by atoms with Gasteiger partial charge in [-0.1, -0.05) is 36.7 Å². The Kier molecular flexibility index (Phi) is 4.18. The van der Waals surface area contributed by atoms with Crippen LogP contribution in [0.1, 0.15) is 30.5 Å². The zero-order valence-electron chi connectivity index (χ0n) is 12.4. The van der Waals surface area contributed by atoms with E-state index in [1.54, 1.807) is 7.11 Å². The molecule has 2 aromatic carbocycles. The fraction of sp³-hybridized carbons (Fsp3) is 0.333. The van der Waals surface area contributed by atoms with Crippen LogP contribution in [0.2, 0.25) is 5.02 Å². The predicted octanol–water partition coefficient (Wildman–Crippen LogP) is 4.61. The van der Waals surface area contributed by atoms with Gasteiger partial charge in [0, 0.05) is 16.6 Å². The zero-order valence-corrected chi connectivity index (χ0v) is 13.2. The normalized spacial score (nSPS) is 16.8. The SMILES string of the molecule is CCNC1CCc2c(-c3cc(Cl)ccc3OC)cccc21. The molecule has 0 radical (unpaired) electrons. The molecule has 0 amide bonds. The van der Waals surface area contributed by atoms with Crippen LogP contribution in [0.5, 0.6) is 5.75 Å². The highest BCUT2D eigenvalue weighted by molar-refractivity contribution is 6.31. The Hall–Kier alpha value is -1.51. The van der Waals surface area contributed by atoms with Crippen LogP contribution < -0.4 is 10.1 Å². The Labute approximate surface area is 131 Å². The second kappa shape index (κ2) is 6.08. The molecule has 3 heteroatoms. The van der Waals surface area contributed by atoms with Crippen LogP contribution in [0, 0.1) is 0 Å². The van der Waals surface area contributed by atoms with E-state index in [1.165, 1.54) is 16.7 Å². The van der Waals surface area contributed by atoms with Crippen molar-refractivity contribution >= 4 is 11.6 Å². The van der Waals surface area contributed by atoms with E-state index >= 15 is 0 Å². The summed E-state index contributed by atoms with van der Waals surface area (Å²) < 4.78 is 5.51. The summed E-state index contributed by atoms with van der Waals surface area (Å²) in [4.78, 5) is 0. The smallest absolute Gasteiger partial charge is 0.126 e. The van der Waals surface area contributed by atoms with E-state index in [0.29, 0.717) is 6.04 Å². The number of rotatable bonds is 4. The van der Waals surface area contributed by atoms with E-state index in [9.17, 15) is 0 Å². The summed E-state index contributed by atoms with van der Waals surface area (Å²) in [6, 6.07) is 12.8. The highest BCUT2D eigenvalue weighted by atomic mass is 35.5. The average Bonchev–Trinajstić information content (AvgIpc) is 2.91. The van der Waals surface area contributed by atoms with E-state index < -0.39 is 0 Å².